The molecular weight excluding hydrogens is 381 g/mol. The molecule has 122 valence electrons. The molecule has 1 aromatic carbocycles. The molecule has 0 saturated carbocycles. The molecule has 23 heavy (non-hydrogen) atoms. The van der Waals surface area contributed by atoms with Crippen molar-refractivity contribution in [3.05, 3.63) is 56.8 Å². The summed E-state index contributed by atoms with van der Waals surface area (Å²) in [7, 11) is -3.41. The van der Waals surface area contributed by atoms with E-state index in [1.54, 1.807) is 18.2 Å². The number of carbonyl (C=O) groups excluding carboxylic acids is 1. The van der Waals surface area contributed by atoms with Crippen molar-refractivity contribution in [2.75, 3.05) is 6.26 Å². The zero-order valence-electron chi connectivity index (χ0n) is 12.0. The SMILES string of the molecule is CS(=O)(=O)c1cnc(Cl)c(CC(=O)Cc2ccc(Cl)c(Cl)c2)c1. The lowest BCUT2D eigenvalue weighted by atomic mass is 10.0. The normalized spacial score (nSPS) is 11.5. The first-order valence-corrected chi connectivity index (χ1v) is 9.49. The first-order chi connectivity index (χ1) is 10.7. The van der Waals surface area contributed by atoms with Crippen LogP contribution in [0.15, 0.2) is 35.4 Å². The quantitative estimate of drug-likeness (QED) is 0.726. The van der Waals surface area contributed by atoms with Gasteiger partial charge in [-0.1, -0.05) is 40.9 Å². The second kappa shape index (κ2) is 7.18. The Bertz CT molecular complexity index is 866. The van der Waals surface area contributed by atoms with E-state index in [1.807, 2.05) is 0 Å². The highest BCUT2D eigenvalue weighted by Crippen LogP contribution is 2.23. The molecule has 0 aliphatic carbocycles. The number of Topliss-reactive ketones (excluding diaryl/α,β-unsaturated/α-hetero) is 1. The van der Waals surface area contributed by atoms with Crippen molar-refractivity contribution in [1.82, 2.24) is 4.98 Å². The predicted molar refractivity (Wildman–Crippen MR) is 91.2 cm³/mol. The Morgan fingerprint density at radius 1 is 1.09 bits per heavy atom. The number of rotatable bonds is 5. The van der Waals surface area contributed by atoms with Crippen LogP contribution < -0.4 is 0 Å². The van der Waals surface area contributed by atoms with E-state index in [9.17, 15) is 13.2 Å². The van der Waals surface area contributed by atoms with E-state index in [0.717, 1.165) is 6.26 Å². The van der Waals surface area contributed by atoms with Crippen LogP contribution in [0.1, 0.15) is 11.1 Å². The summed E-state index contributed by atoms with van der Waals surface area (Å²) >= 11 is 17.7. The molecule has 0 N–H and O–H groups in total. The van der Waals surface area contributed by atoms with Gasteiger partial charge in [0, 0.05) is 25.3 Å². The van der Waals surface area contributed by atoms with Crippen molar-refractivity contribution >= 4 is 50.4 Å². The van der Waals surface area contributed by atoms with Gasteiger partial charge in [0.05, 0.1) is 14.9 Å². The lowest BCUT2D eigenvalue weighted by molar-refractivity contribution is -0.117. The minimum absolute atomic E-state index is 0.0184. The van der Waals surface area contributed by atoms with Gasteiger partial charge in [0.1, 0.15) is 10.9 Å². The molecule has 0 aliphatic heterocycles. The number of hydrogen-bond acceptors (Lipinski definition) is 4. The molecule has 0 aliphatic rings. The smallest absolute Gasteiger partial charge is 0.177 e. The highest BCUT2D eigenvalue weighted by molar-refractivity contribution is 7.90. The summed E-state index contributed by atoms with van der Waals surface area (Å²) in [6.07, 6.45) is 2.36. The van der Waals surface area contributed by atoms with Crippen molar-refractivity contribution in [3.63, 3.8) is 0 Å². The lowest BCUT2D eigenvalue weighted by Crippen LogP contribution is -2.09. The van der Waals surface area contributed by atoms with Gasteiger partial charge in [0.2, 0.25) is 0 Å². The van der Waals surface area contributed by atoms with Crippen LogP contribution in [0, 0.1) is 0 Å². The Morgan fingerprint density at radius 2 is 1.78 bits per heavy atom. The highest BCUT2D eigenvalue weighted by atomic mass is 35.5. The van der Waals surface area contributed by atoms with E-state index in [2.05, 4.69) is 4.98 Å². The molecule has 2 rings (SSSR count). The zero-order valence-corrected chi connectivity index (χ0v) is 15.1. The first kappa shape index (κ1) is 18.2. The van der Waals surface area contributed by atoms with Gasteiger partial charge in [-0.15, -0.1) is 0 Å². The monoisotopic (exact) mass is 391 g/mol. The molecule has 0 bridgehead atoms. The maximum Gasteiger partial charge on any atom is 0.177 e. The van der Waals surface area contributed by atoms with Gasteiger partial charge in [0.15, 0.2) is 9.84 Å². The number of carbonyl (C=O) groups is 1. The average Bonchev–Trinajstić information content (AvgIpc) is 2.44. The van der Waals surface area contributed by atoms with Crippen LogP contribution in [0.3, 0.4) is 0 Å². The van der Waals surface area contributed by atoms with Gasteiger partial charge in [-0.3, -0.25) is 4.79 Å². The molecule has 0 saturated heterocycles. The molecular formula is C15H12Cl3NO3S. The Kier molecular flexibility index (Phi) is 5.68. The van der Waals surface area contributed by atoms with Crippen LogP contribution in [0.4, 0.5) is 0 Å². The van der Waals surface area contributed by atoms with Gasteiger partial charge in [-0.2, -0.15) is 0 Å². The Balaban J connectivity index is 2.18. The van der Waals surface area contributed by atoms with Crippen LogP contribution in [0.2, 0.25) is 15.2 Å². The fourth-order valence-electron chi connectivity index (χ4n) is 1.95. The topological polar surface area (TPSA) is 64.1 Å². The summed E-state index contributed by atoms with van der Waals surface area (Å²) in [5, 5.41) is 0.895. The van der Waals surface area contributed by atoms with Crippen LogP contribution in [0.5, 0.6) is 0 Å². The molecule has 0 unspecified atom stereocenters. The highest BCUT2D eigenvalue weighted by Gasteiger charge is 2.14. The number of aromatic nitrogens is 1. The molecule has 8 heteroatoms. The molecule has 2 aromatic rings. The largest absolute Gasteiger partial charge is 0.299 e. The van der Waals surface area contributed by atoms with E-state index >= 15 is 0 Å². The Labute approximate surface area is 149 Å². The molecule has 1 aromatic heterocycles. The van der Waals surface area contributed by atoms with Gasteiger partial charge >= 0.3 is 0 Å². The van der Waals surface area contributed by atoms with Gasteiger partial charge < -0.3 is 0 Å². The summed E-state index contributed by atoms with van der Waals surface area (Å²) in [5.41, 5.74) is 1.09. The Hall–Kier alpha value is -1.14. The fourth-order valence-corrected chi connectivity index (χ4v) is 3.04. The number of sulfone groups is 1. The molecule has 0 spiro atoms. The fraction of sp³-hybridized carbons (Fsp3) is 0.200. The minimum Gasteiger partial charge on any atom is -0.299 e. The maximum absolute atomic E-state index is 12.2. The van der Waals surface area contributed by atoms with Crippen molar-refractivity contribution in [2.24, 2.45) is 0 Å². The minimum atomic E-state index is -3.41. The van der Waals surface area contributed by atoms with Crippen molar-refractivity contribution in [1.29, 1.82) is 0 Å². The van der Waals surface area contributed by atoms with Crippen LogP contribution in [-0.4, -0.2) is 25.4 Å². The van der Waals surface area contributed by atoms with E-state index in [1.165, 1.54) is 12.3 Å². The van der Waals surface area contributed by atoms with Gasteiger partial charge in [-0.05, 0) is 29.3 Å². The van der Waals surface area contributed by atoms with E-state index in [4.69, 9.17) is 34.8 Å². The van der Waals surface area contributed by atoms with Crippen molar-refractivity contribution < 1.29 is 13.2 Å². The van der Waals surface area contributed by atoms with E-state index < -0.39 is 9.84 Å². The van der Waals surface area contributed by atoms with E-state index in [-0.39, 0.29) is 28.7 Å². The second-order valence-electron chi connectivity index (χ2n) is 5.03. The zero-order chi connectivity index (χ0) is 17.2. The summed E-state index contributed by atoms with van der Waals surface area (Å²) in [6, 6.07) is 6.32. The van der Waals surface area contributed by atoms with Crippen LogP contribution in [-0.2, 0) is 27.5 Å². The van der Waals surface area contributed by atoms with Crippen molar-refractivity contribution in [2.45, 2.75) is 17.7 Å². The summed E-state index contributed by atoms with van der Waals surface area (Å²) in [5.74, 6) is -0.141. The van der Waals surface area contributed by atoms with Gasteiger partial charge in [0.25, 0.3) is 0 Å². The lowest BCUT2D eigenvalue weighted by Gasteiger charge is -2.06. The molecule has 4 nitrogen and oxygen atoms in total. The van der Waals surface area contributed by atoms with Crippen molar-refractivity contribution in [3.8, 4) is 0 Å². The summed E-state index contributed by atoms with van der Waals surface area (Å²) < 4.78 is 23.1. The number of halogens is 3. The molecule has 0 radical (unpaired) electrons. The number of pyridine rings is 1. The third kappa shape index (κ3) is 4.91. The molecule has 1 heterocycles. The molecule has 0 atom stereocenters. The number of ketones is 1. The summed E-state index contributed by atoms with van der Waals surface area (Å²) in [4.78, 5) is 16.0. The third-order valence-corrected chi connectivity index (χ3v) is 5.25. The van der Waals surface area contributed by atoms with E-state index in [0.29, 0.717) is 21.2 Å². The first-order valence-electron chi connectivity index (χ1n) is 6.47. The molecule has 0 amide bonds. The predicted octanol–water partition coefficient (Wildman–Crippen LogP) is 3.80. The standard InChI is InChI=1S/C15H12Cl3NO3S/c1-23(21,22)12-7-10(15(18)19-8-12)6-11(20)4-9-2-3-13(16)14(17)5-9/h2-3,5,7-8H,4,6H2,1H3. The van der Waals surface area contributed by atoms with Crippen LogP contribution >= 0.6 is 34.8 Å². The Morgan fingerprint density at radius 3 is 2.39 bits per heavy atom. The van der Waals surface area contributed by atoms with Gasteiger partial charge in [-0.25, -0.2) is 13.4 Å². The molecule has 0 fully saturated rings. The average molecular weight is 393 g/mol. The number of nitrogens with zero attached hydrogens (tertiary/aromatic N) is 1. The summed E-state index contributed by atoms with van der Waals surface area (Å²) in [6.45, 7) is 0. The number of benzene rings is 1. The third-order valence-electron chi connectivity index (χ3n) is 3.09. The maximum atomic E-state index is 12.2. The number of hydrogen-bond donors (Lipinski definition) is 0. The second-order valence-corrected chi connectivity index (χ2v) is 8.22. The van der Waals surface area contributed by atoms with Crippen LogP contribution in [0.25, 0.3) is 0 Å².